The quantitative estimate of drug-likeness (QED) is 0.354. The smallest absolute Gasteiger partial charge is 0.338 e. The van der Waals surface area contributed by atoms with E-state index in [0.717, 1.165) is 23.1 Å². The maximum absolute atomic E-state index is 12.8. The lowest BCUT2D eigenvalue weighted by molar-refractivity contribution is -0.164. The maximum Gasteiger partial charge on any atom is 0.338 e. The van der Waals surface area contributed by atoms with Crippen molar-refractivity contribution in [3.63, 3.8) is 0 Å². The molecule has 0 spiro atoms. The molecule has 162 valence electrons. The average Bonchev–Trinajstić information content (AvgIpc) is 3.08. The van der Waals surface area contributed by atoms with Gasteiger partial charge in [-0.3, -0.25) is 5.32 Å². The van der Waals surface area contributed by atoms with E-state index in [9.17, 15) is 14.7 Å². The van der Waals surface area contributed by atoms with Crippen LogP contribution in [0.15, 0.2) is 42.5 Å². The van der Waals surface area contributed by atoms with Crippen molar-refractivity contribution in [3.8, 4) is 11.1 Å². The van der Waals surface area contributed by atoms with Gasteiger partial charge < -0.3 is 15.6 Å². The summed E-state index contributed by atoms with van der Waals surface area (Å²) in [6.45, 7) is 1.90. The zero-order chi connectivity index (χ0) is 21.0. The van der Waals surface area contributed by atoms with Gasteiger partial charge in [-0.25, -0.2) is 9.59 Å². The summed E-state index contributed by atoms with van der Waals surface area (Å²) in [4.78, 5) is 24.7. The van der Waals surface area contributed by atoms with Crippen molar-refractivity contribution >= 4 is 24.3 Å². The molecule has 4 N–H and O–H groups in total. The molecular formula is C23H29ClN2O4. The molecule has 0 aromatic heterocycles. The van der Waals surface area contributed by atoms with E-state index in [0.29, 0.717) is 12.8 Å². The minimum Gasteiger partial charge on any atom is -0.479 e. The van der Waals surface area contributed by atoms with Crippen LogP contribution in [-0.4, -0.2) is 35.7 Å². The first kappa shape index (κ1) is 23.9. The first-order chi connectivity index (χ1) is 13.9. The summed E-state index contributed by atoms with van der Waals surface area (Å²) in [6, 6.07) is 14.1. The molecule has 1 unspecified atom stereocenters. The number of ether oxygens (including phenoxy) is 1. The van der Waals surface area contributed by atoms with Crippen LogP contribution < -0.4 is 11.1 Å². The van der Waals surface area contributed by atoms with Crippen molar-refractivity contribution in [1.29, 1.82) is 0 Å². The number of rotatable bonds is 9. The molecule has 3 rings (SSSR count). The van der Waals surface area contributed by atoms with Crippen molar-refractivity contribution in [3.05, 3.63) is 59.2 Å². The van der Waals surface area contributed by atoms with Crippen LogP contribution in [0.1, 0.15) is 42.9 Å². The second kappa shape index (κ2) is 10.1. The van der Waals surface area contributed by atoms with Crippen LogP contribution in [0.4, 0.5) is 0 Å². The van der Waals surface area contributed by atoms with Gasteiger partial charge in [0, 0.05) is 6.04 Å². The van der Waals surface area contributed by atoms with E-state index in [2.05, 4.69) is 23.5 Å². The molecule has 2 aromatic rings. The molecule has 2 atom stereocenters. The largest absolute Gasteiger partial charge is 0.479 e. The van der Waals surface area contributed by atoms with Gasteiger partial charge in [0.2, 0.25) is 5.54 Å². The first-order valence-electron chi connectivity index (χ1n) is 9.93. The second-order valence-corrected chi connectivity index (χ2v) is 7.68. The third kappa shape index (κ3) is 4.67. The summed E-state index contributed by atoms with van der Waals surface area (Å²) in [5.41, 5.74) is 9.60. The van der Waals surface area contributed by atoms with Gasteiger partial charge in [-0.05, 0) is 67.5 Å². The molecular weight excluding hydrogens is 404 g/mol. The fraction of sp³-hybridized carbons (Fsp3) is 0.391. The Morgan fingerprint density at radius 1 is 1.20 bits per heavy atom. The number of benzene rings is 2. The lowest BCUT2D eigenvalue weighted by Gasteiger charge is -2.27. The summed E-state index contributed by atoms with van der Waals surface area (Å²) in [5.74, 6) is -2.01. The number of halogens is 1. The van der Waals surface area contributed by atoms with Gasteiger partial charge >= 0.3 is 11.9 Å². The highest BCUT2D eigenvalue weighted by atomic mass is 35.5. The molecule has 0 heterocycles. The SMILES string of the molecule is CN[C@@](CCCC(C)N)(C(=O)O)C(=O)OCc1cccc2c1Cc1ccccc1-2.Cl. The van der Waals surface area contributed by atoms with Crippen molar-refractivity contribution < 1.29 is 19.4 Å². The molecule has 0 aliphatic heterocycles. The van der Waals surface area contributed by atoms with Crippen LogP contribution in [0.5, 0.6) is 0 Å². The summed E-state index contributed by atoms with van der Waals surface area (Å²) >= 11 is 0. The normalized spacial score (nSPS) is 14.6. The molecule has 0 fully saturated rings. The molecule has 7 heteroatoms. The summed E-state index contributed by atoms with van der Waals surface area (Å²) in [5, 5.41) is 12.4. The third-order valence-corrected chi connectivity index (χ3v) is 5.66. The molecule has 1 aliphatic carbocycles. The lowest BCUT2D eigenvalue weighted by atomic mass is 9.91. The van der Waals surface area contributed by atoms with Crippen LogP contribution in [0, 0.1) is 0 Å². The number of esters is 1. The van der Waals surface area contributed by atoms with Crippen LogP contribution >= 0.6 is 12.4 Å². The predicted molar refractivity (Wildman–Crippen MR) is 119 cm³/mol. The Labute approximate surface area is 183 Å². The van der Waals surface area contributed by atoms with Gasteiger partial charge in [-0.15, -0.1) is 12.4 Å². The van der Waals surface area contributed by atoms with Crippen LogP contribution in [0.25, 0.3) is 11.1 Å². The highest BCUT2D eigenvalue weighted by Gasteiger charge is 2.46. The third-order valence-electron chi connectivity index (χ3n) is 5.66. The topological polar surface area (TPSA) is 102 Å². The van der Waals surface area contributed by atoms with E-state index in [1.54, 1.807) is 0 Å². The molecule has 0 bridgehead atoms. The molecule has 30 heavy (non-hydrogen) atoms. The number of likely N-dealkylation sites (N-methyl/N-ethyl adjacent to an activating group) is 1. The van der Waals surface area contributed by atoms with Crippen molar-refractivity contribution in [1.82, 2.24) is 5.32 Å². The number of carbonyl (C=O) groups excluding carboxylic acids is 1. The second-order valence-electron chi connectivity index (χ2n) is 7.68. The predicted octanol–water partition coefficient (Wildman–Crippen LogP) is 3.28. The molecule has 0 radical (unpaired) electrons. The Kier molecular flexibility index (Phi) is 8.01. The Hall–Kier alpha value is -2.41. The summed E-state index contributed by atoms with van der Waals surface area (Å²) < 4.78 is 5.51. The molecule has 6 nitrogen and oxygen atoms in total. The lowest BCUT2D eigenvalue weighted by Crippen LogP contribution is -2.57. The van der Waals surface area contributed by atoms with Gasteiger partial charge in [-0.1, -0.05) is 42.5 Å². The first-order valence-corrected chi connectivity index (χ1v) is 9.93. The number of fused-ring (bicyclic) bond motifs is 3. The highest BCUT2D eigenvalue weighted by molar-refractivity contribution is 6.04. The number of nitrogens with one attached hydrogen (secondary N) is 1. The van der Waals surface area contributed by atoms with Gasteiger partial charge in [0.25, 0.3) is 0 Å². The average molecular weight is 433 g/mol. The van der Waals surface area contributed by atoms with E-state index in [1.165, 1.54) is 18.2 Å². The van der Waals surface area contributed by atoms with Crippen LogP contribution in [0.2, 0.25) is 0 Å². The number of carboxylic acids is 1. The fourth-order valence-electron chi connectivity index (χ4n) is 3.94. The monoisotopic (exact) mass is 432 g/mol. The van der Waals surface area contributed by atoms with Crippen molar-refractivity contribution in [2.45, 2.75) is 50.8 Å². The Balaban J connectivity index is 0.00000320. The maximum atomic E-state index is 12.8. The van der Waals surface area contributed by atoms with E-state index in [1.807, 2.05) is 31.2 Å². The number of nitrogens with two attached hydrogens (primary N) is 1. The van der Waals surface area contributed by atoms with Crippen LogP contribution in [0.3, 0.4) is 0 Å². The van der Waals surface area contributed by atoms with Crippen molar-refractivity contribution in [2.24, 2.45) is 5.73 Å². The van der Waals surface area contributed by atoms with E-state index >= 15 is 0 Å². The zero-order valence-electron chi connectivity index (χ0n) is 17.3. The number of hydrogen-bond donors (Lipinski definition) is 3. The number of aliphatic carboxylic acids is 1. The van der Waals surface area contributed by atoms with E-state index in [4.69, 9.17) is 10.5 Å². The van der Waals surface area contributed by atoms with Gasteiger partial charge in [0.05, 0.1) is 0 Å². The van der Waals surface area contributed by atoms with Gasteiger partial charge in [0.15, 0.2) is 0 Å². The van der Waals surface area contributed by atoms with Crippen LogP contribution in [-0.2, 0) is 27.4 Å². The number of carboxylic acid groups (broad SMARTS) is 1. The molecule has 0 saturated carbocycles. The fourth-order valence-corrected chi connectivity index (χ4v) is 3.94. The van der Waals surface area contributed by atoms with E-state index in [-0.39, 0.29) is 31.5 Å². The highest BCUT2D eigenvalue weighted by Crippen LogP contribution is 2.38. The van der Waals surface area contributed by atoms with E-state index < -0.39 is 17.5 Å². The van der Waals surface area contributed by atoms with Gasteiger partial charge in [0.1, 0.15) is 6.61 Å². The standard InChI is InChI=1S/C23H28N2O4.ClH/c1-15(24)7-6-12-23(25-2,21(26)27)22(28)29-14-17-9-5-11-19-18-10-4-3-8-16(18)13-20(17)19;/h3-5,8-11,15,25H,6-7,12-14,24H2,1-2H3,(H,26,27);1H/t15?,23-;/m0./s1. The summed E-state index contributed by atoms with van der Waals surface area (Å²) in [6.07, 6.45) is 2.05. The molecule has 0 amide bonds. The summed E-state index contributed by atoms with van der Waals surface area (Å²) in [7, 11) is 1.47. The Bertz CT molecular complexity index is 916. The van der Waals surface area contributed by atoms with Gasteiger partial charge in [-0.2, -0.15) is 0 Å². The molecule has 0 saturated heterocycles. The molecule has 1 aliphatic rings. The number of hydrogen-bond acceptors (Lipinski definition) is 5. The minimum absolute atomic E-state index is 0. The zero-order valence-corrected chi connectivity index (χ0v) is 18.1. The minimum atomic E-state index is -1.77. The number of carbonyl (C=O) groups is 2. The Morgan fingerprint density at radius 2 is 1.90 bits per heavy atom. The molecule has 2 aromatic carbocycles. The van der Waals surface area contributed by atoms with Crippen molar-refractivity contribution in [2.75, 3.05) is 7.05 Å². The Morgan fingerprint density at radius 3 is 2.57 bits per heavy atom.